The molecule has 7 heteroatoms. The summed E-state index contributed by atoms with van der Waals surface area (Å²) in [7, 11) is -2.18. The second-order valence-electron chi connectivity index (χ2n) is 7.04. The average molecular weight is 378 g/mol. The molecule has 1 heterocycles. The molecule has 1 unspecified atom stereocenters. The molecule has 0 saturated heterocycles. The van der Waals surface area contributed by atoms with E-state index in [2.05, 4.69) is 0 Å². The average Bonchev–Trinajstić information content (AvgIpc) is 2.95. The van der Waals surface area contributed by atoms with Gasteiger partial charge in [-0.05, 0) is 37.0 Å². The van der Waals surface area contributed by atoms with Crippen molar-refractivity contribution in [1.29, 1.82) is 0 Å². The lowest BCUT2D eigenvalue weighted by atomic mass is 10.0. The fourth-order valence-electron chi connectivity index (χ4n) is 3.09. The largest absolute Gasteiger partial charge is 0.364 e. The molecule has 1 amide bonds. The molecule has 2 N–H and O–H groups in total. The van der Waals surface area contributed by atoms with Crippen molar-refractivity contribution in [3.05, 3.63) is 53.3 Å². The molecule has 0 aliphatic heterocycles. The molecular weight excluding hydrogens is 350 g/mol. The maximum Gasteiger partial charge on any atom is 0.265 e. The second kappa shape index (κ2) is 7.63. The van der Waals surface area contributed by atoms with Crippen molar-refractivity contribution >= 4 is 15.9 Å². The fourth-order valence-corrected chi connectivity index (χ4v) is 4.94. The van der Waals surface area contributed by atoms with E-state index in [4.69, 9.17) is 5.73 Å². The molecule has 142 valence electrons. The van der Waals surface area contributed by atoms with Crippen LogP contribution in [-0.4, -0.2) is 29.7 Å². The minimum absolute atomic E-state index is 0.0786. The van der Waals surface area contributed by atoms with Crippen molar-refractivity contribution in [2.75, 3.05) is 6.54 Å². The fraction of sp³-hybridized carbons (Fsp3) is 0.421. The number of aryl methyl sites for hydroxylation is 2. The number of hydrogen-bond acceptors (Lipinski definition) is 3. The number of hydrogen-bond donors (Lipinski definition) is 1. The summed E-state index contributed by atoms with van der Waals surface area (Å²) in [6.07, 6.45) is 1.44. The monoisotopic (exact) mass is 377 g/mol. The van der Waals surface area contributed by atoms with Crippen LogP contribution in [0.4, 0.5) is 0 Å². The Bertz CT molecular complexity index is 901. The van der Waals surface area contributed by atoms with Crippen LogP contribution in [0.2, 0.25) is 0 Å². The molecule has 2 rings (SSSR count). The van der Waals surface area contributed by atoms with Crippen molar-refractivity contribution in [1.82, 2.24) is 8.87 Å². The maximum atomic E-state index is 13.3. The van der Waals surface area contributed by atoms with Gasteiger partial charge < -0.3 is 10.3 Å². The minimum atomic E-state index is -3.79. The van der Waals surface area contributed by atoms with Gasteiger partial charge in [-0.2, -0.15) is 4.31 Å². The number of amides is 1. The van der Waals surface area contributed by atoms with Crippen LogP contribution in [0.3, 0.4) is 0 Å². The van der Waals surface area contributed by atoms with Gasteiger partial charge in [0.2, 0.25) is 10.0 Å². The van der Waals surface area contributed by atoms with E-state index >= 15 is 0 Å². The molecule has 6 nitrogen and oxygen atoms in total. The van der Waals surface area contributed by atoms with Crippen LogP contribution in [0.5, 0.6) is 0 Å². The summed E-state index contributed by atoms with van der Waals surface area (Å²) in [4.78, 5) is 11.6. The van der Waals surface area contributed by atoms with Gasteiger partial charge in [0, 0.05) is 25.8 Å². The smallest absolute Gasteiger partial charge is 0.265 e. The molecule has 1 aromatic carbocycles. The molecule has 0 spiro atoms. The van der Waals surface area contributed by atoms with Crippen LogP contribution in [0.15, 0.2) is 41.4 Å². The minimum Gasteiger partial charge on any atom is -0.364 e. The highest BCUT2D eigenvalue weighted by molar-refractivity contribution is 7.89. The van der Waals surface area contributed by atoms with Gasteiger partial charge in [0.1, 0.15) is 10.6 Å². The Morgan fingerprint density at radius 3 is 2.35 bits per heavy atom. The number of nitrogens with two attached hydrogens (primary N) is 1. The van der Waals surface area contributed by atoms with E-state index in [9.17, 15) is 13.2 Å². The van der Waals surface area contributed by atoms with Crippen LogP contribution < -0.4 is 5.73 Å². The van der Waals surface area contributed by atoms with Crippen LogP contribution in [0.25, 0.3) is 0 Å². The van der Waals surface area contributed by atoms with Crippen LogP contribution in [-0.2, 0) is 17.1 Å². The van der Waals surface area contributed by atoms with E-state index < -0.39 is 15.9 Å². The molecule has 0 fully saturated rings. The summed E-state index contributed by atoms with van der Waals surface area (Å²) in [5.74, 6) is -0.508. The summed E-state index contributed by atoms with van der Waals surface area (Å²) in [5, 5.41) is 0. The van der Waals surface area contributed by atoms with E-state index in [0.29, 0.717) is 6.54 Å². The van der Waals surface area contributed by atoms with E-state index in [0.717, 1.165) is 11.1 Å². The first-order valence-electron chi connectivity index (χ1n) is 8.59. The molecule has 0 saturated carbocycles. The standard InChI is InChI=1S/C19H27N3O3S/c1-13(2)11-22(15(4)17-9-7-6-8-14(17)3)26(24,25)16-10-18(19(20)23)21(5)12-16/h6-10,12-13,15H,11H2,1-5H3,(H2,20,23). The van der Waals surface area contributed by atoms with E-state index in [-0.39, 0.29) is 22.5 Å². The summed E-state index contributed by atoms with van der Waals surface area (Å²) < 4.78 is 29.6. The molecule has 26 heavy (non-hydrogen) atoms. The molecule has 2 aromatic rings. The van der Waals surface area contributed by atoms with Gasteiger partial charge in [-0.15, -0.1) is 0 Å². The van der Waals surface area contributed by atoms with Crippen LogP contribution >= 0.6 is 0 Å². The Morgan fingerprint density at radius 1 is 1.23 bits per heavy atom. The first kappa shape index (κ1) is 20.2. The number of nitrogens with zero attached hydrogens (tertiary/aromatic N) is 2. The number of rotatable bonds is 7. The predicted molar refractivity (Wildman–Crippen MR) is 102 cm³/mol. The third kappa shape index (κ3) is 3.99. The summed E-state index contributed by atoms with van der Waals surface area (Å²) in [5.41, 5.74) is 7.49. The van der Waals surface area contributed by atoms with Crippen molar-refractivity contribution in [2.24, 2.45) is 18.7 Å². The SMILES string of the molecule is Cc1ccccc1C(C)N(CC(C)C)S(=O)(=O)c1cc(C(N)=O)n(C)c1. The van der Waals surface area contributed by atoms with E-state index in [1.54, 1.807) is 7.05 Å². The molecular formula is C19H27N3O3S. The Morgan fingerprint density at radius 2 is 1.85 bits per heavy atom. The molecule has 0 aliphatic carbocycles. The topological polar surface area (TPSA) is 85.4 Å². The third-order valence-corrected chi connectivity index (χ3v) is 6.36. The van der Waals surface area contributed by atoms with Crippen LogP contribution in [0, 0.1) is 12.8 Å². The lowest BCUT2D eigenvalue weighted by Crippen LogP contribution is -2.36. The van der Waals surface area contributed by atoms with Gasteiger partial charge in [-0.1, -0.05) is 38.1 Å². The zero-order valence-corrected chi connectivity index (χ0v) is 16.7. The maximum absolute atomic E-state index is 13.3. The Hall–Kier alpha value is -2.12. The normalized spacial score (nSPS) is 13.3. The quantitative estimate of drug-likeness (QED) is 0.805. The Labute approximate surface area is 155 Å². The Balaban J connectivity index is 2.53. The van der Waals surface area contributed by atoms with Gasteiger partial charge >= 0.3 is 0 Å². The molecule has 0 bridgehead atoms. The van der Waals surface area contributed by atoms with Gasteiger partial charge in [-0.3, -0.25) is 4.79 Å². The second-order valence-corrected chi connectivity index (χ2v) is 8.93. The number of benzene rings is 1. The van der Waals surface area contributed by atoms with Gasteiger partial charge in [0.05, 0.1) is 0 Å². The first-order valence-corrected chi connectivity index (χ1v) is 10.0. The van der Waals surface area contributed by atoms with Gasteiger partial charge in [0.15, 0.2) is 0 Å². The number of aromatic nitrogens is 1. The van der Waals surface area contributed by atoms with Crippen molar-refractivity contribution < 1.29 is 13.2 Å². The van der Waals surface area contributed by atoms with E-state index in [1.165, 1.54) is 21.1 Å². The lowest BCUT2D eigenvalue weighted by molar-refractivity contribution is 0.0992. The summed E-state index contributed by atoms with van der Waals surface area (Å²) in [6, 6.07) is 8.77. The predicted octanol–water partition coefficient (Wildman–Crippen LogP) is 2.84. The van der Waals surface area contributed by atoms with Gasteiger partial charge in [-0.25, -0.2) is 8.42 Å². The highest BCUT2D eigenvalue weighted by Gasteiger charge is 2.32. The molecule has 1 aromatic heterocycles. The zero-order chi connectivity index (χ0) is 19.6. The van der Waals surface area contributed by atoms with Crippen LogP contribution in [0.1, 0.15) is 48.4 Å². The molecule has 1 atom stereocenters. The number of primary amides is 1. The van der Waals surface area contributed by atoms with Crippen molar-refractivity contribution in [3.8, 4) is 0 Å². The molecule has 0 radical (unpaired) electrons. The first-order chi connectivity index (χ1) is 12.1. The number of carbonyl (C=O) groups excluding carboxylic acids is 1. The summed E-state index contributed by atoms with van der Waals surface area (Å²) >= 11 is 0. The third-order valence-electron chi connectivity index (χ3n) is 4.45. The highest BCUT2D eigenvalue weighted by Crippen LogP contribution is 2.30. The zero-order valence-electron chi connectivity index (χ0n) is 15.9. The van der Waals surface area contributed by atoms with Crippen molar-refractivity contribution in [3.63, 3.8) is 0 Å². The lowest BCUT2D eigenvalue weighted by Gasteiger charge is -2.30. The van der Waals surface area contributed by atoms with Crippen molar-refractivity contribution in [2.45, 2.75) is 38.6 Å². The highest BCUT2D eigenvalue weighted by atomic mass is 32.2. The Kier molecular flexibility index (Phi) is 5.93. The number of carbonyl (C=O) groups is 1. The number of sulfonamides is 1. The van der Waals surface area contributed by atoms with Gasteiger partial charge in [0.25, 0.3) is 5.91 Å². The molecule has 0 aliphatic rings. The van der Waals surface area contributed by atoms with E-state index in [1.807, 2.05) is 52.0 Å². The summed E-state index contributed by atoms with van der Waals surface area (Å²) in [6.45, 7) is 8.19.